The van der Waals surface area contributed by atoms with Gasteiger partial charge in [0.1, 0.15) is 12.0 Å². The second kappa shape index (κ2) is 4.27. The average molecular weight is 267 g/mol. The fraction of sp³-hybridized carbons (Fsp3) is 0. The molecule has 15 heavy (non-hydrogen) atoms. The van der Waals surface area contributed by atoms with E-state index in [1.807, 2.05) is 12.1 Å². The van der Waals surface area contributed by atoms with Gasteiger partial charge in [0.2, 0.25) is 0 Å². The summed E-state index contributed by atoms with van der Waals surface area (Å²) in [7, 11) is 0. The SMILES string of the molecule is O=C(Nc1cnoc1)c1ccc(Br)cc1. The highest BCUT2D eigenvalue weighted by Gasteiger charge is 2.06. The summed E-state index contributed by atoms with van der Waals surface area (Å²) in [4.78, 5) is 11.6. The highest BCUT2D eigenvalue weighted by molar-refractivity contribution is 9.10. The van der Waals surface area contributed by atoms with Crippen LogP contribution in [0.15, 0.2) is 45.7 Å². The fourth-order valence-electron chi connectivity index (χ4n) is 1.07. The van der Waals surface area contributed by atoms with E-state index in [4.69, 9.17) is 0 Å². The lowest BCUT2D eigenvalue weighted by molar-refractivity contribution is 0.102. The first-order valence-electron chi connectivity index (χ1n) is 4.22. The second-order valence-electron chi connectivity index (χ2n) is 2.87. The van der Waals surface area contributed by atoms with Gasteiger partial charge in [-0.2, -0.15) is 0 Å². The Labute approximate surface area is 94.4 Å². The van der Waals surface area contributed by atoms with Crippen molar-refractivity contribution in [3.63, 3.8) is 0 Å². The molecule has 0 aliphatic carbocycles. The largest absolute Gasteiger partial charge is 0.363 e. The van der Waals surface area contributed by atoms with Gasteiger partial charge in [0.25, 0.3) is 5.91 Å². The first-order valence-corrected chi connectivity index (χ1v) is 5.01. The number of benzene rings is 1. The van der Waals surface area contributed by atoms with E-state index < -0.39 is 0 Å². The molecule has 0 radical (unpaired) electrons. The van der Waals surface area contributed by atoms with Crippen molar-refractivity contribution in [3.8, 4) is 0 Å². The molecular formula is C10H7BrN2O2. The van der Waals surface area contributed by atoms with Crippen molar-refractivity contribution >= 4 is 27.5 Å². The molecule has 1 aromatic heterocycles. The quantitative estimate of drug-likeness (QED) is 0.910. The second-order valence-corrected chi connectivity index (χ2v) is 3.79. The molecule has 1 amide bonds. The van der Waals surface area contributed by atoms with Gasteiger partial charge in [-0.25, -0.2) is 0 Å². The molecule has 0 atom stereocenters. The number of rotatable bonds is 2. The Bertz CT molecular complexity index is 451. The molecule has 2 rings (SSSR count). The van der Waals surface area contributed by atoms with E-state index in [2.05, 4.69) is 30.9 Å². The molecule has 0 fully saturated rings. The van der Waals surface area contributed by atoms with Crippen LogP contribution < -0.4 is 5.32 Å². The van der Waals surface area contributed by atoms with Crippen molar-refractivity contribution in [1.29, 1.82) is 0 Å². The average Bonchev–Trinajstić information content (AvgIpc) is 2.71. The summed E-state index contributed by atoms with van der Waals surface area (Å²) in [5.41, 5.74) is 1.13. The molecule has 76 valence electrons. The molecule has 0 saturated carbocycles. The molecule has 0 unspecified atom stereocenters. The highest BCUT2D eigenvalue weighted by atomic mass is 79.9. The Balaban J connectivity index is 2.11. The van der Waals surface area contributed by atoms with Crippen molar-refractivity contribution in [2.45, 2.75) is 0 Å². The monoisotopic (exact) mass is 266 g/mol. The molecule has 0 bridgehead atoms. The Kier molecular flexibility index (Phi) is 2.82. The van der Waals surface area contributed by atoms with Gasteiger partial charge in [-0.1, -0.05) is 21.1 Å². The van der Waals surface area contributed by atoms with E-state index in [0.717, 1.165) is 4.47 Å². The standard InChI is InChI=1S/C10H7BrN2O2/c11-8-3-1-7(2-4-8)10(14)13-9-5-12-15-6-9/h1-6H,(H,13,14). The summed E-state index contributed by atoms with van der Waals surface area (Å²) in [6.07, 6.45) is 2.81. The van der Waals surface area contributed by atoms with E-state index in [-0.39, 0.29) is 5.91 Å². The van der Waals surface area contributed by atoms with Crippen molar-refractivity contribution < 1.29 is 9.32 Å². The molecule has 4 nitrogen and oxygen atoms in total. The molecule has 0 aliphatic heterocycles. The van der Waals surface area contributed by atoms with Gasteiger partial charge >= 0.3 is 0 Å². The van der Waals surface area contributed by atoms with E-state index in [1.54, 1.807) is 12.1 Å². The van der Waals surface area contributed by atoms with Gasteiger partial charge in [-0.3, -0.25) is 4.79 Å². The number of aromatic nitrogens is 1. The molecule has 2 aromatic rings. The van der Waals surface area contributed by atoms with Crippen LogP contribution in [-0.2, 0) is 0 Å². The van der Waals surface area contributed by atoms with E-state index in [0.29, 0.717) is 11.3 Å². The minimum atomic E-state index is -0.189. The topological polar surface area (TPSA) is 55.1 Å². The summed E-state index contributed by atoms with van der Waals surface area (Å²) in [6.45, 7) is 0. The lowest BCUT2D eigenvalue weighted by Gasteiger charge is -2.01. The summed E-state index contributed by atoms with van der Waals surface area (Å²) >= 11 is 3.30. The van der Waals surface area contributed by atoms with Crippen LogP contribution in [-0.4, -0.2) is 11.1 Å². The summed E-state index contributed by atoms with van der Waals surface area (Å²) < 4.78 is 5.53. The van der Waals surface area contributed by atoms with Crippen molar-refractivity contribution in [2.24, 2.45) is 0 Å². The van der Waals surface area contributed by atoms with Gasteiger partial charge in [-0.05, 0) is 24.3 Å². The first kappa shape index (κ1) is 9.92. The lowest BCUT2D eigenvalue weighted by atomic mass is 10.2. The fourth-order valence-corrected chi connectivity index (χ4v) is 1.34. The van der Waals surface area contributed by atoms with Crippen LogP contribution >= 0.6 is 15.9 Å². The van der Waals surface area contributed by atoms with Gasteiger partial charge in [0.05, 0.1) is 6.20 Å². The third-order valence-corrected chi connectivity index (χ3v) is 2.33. The van der Waals surface area contributed by atoms with Crippen LogP contribution in [0.3, 0.4) is 0 Å². The maximum Gasteiger partial charge on any atom is 0.255 e. The Morgan fingerprint density at radius 2 is 2.07 bits per heavy atom. The van der Waals surface area contributed by atoms with Crippen molar-refractivity contribution in [2.75, 3.05) is 5.32 Å². The molecule has 5 heteroatoms. The van der Waals surface area contributed by atoms with Crippen LogP contribution in [0, 0.1) is 0 Å². The van der Waals surface area contributed by atoms with Crippen LogP contribution in [0.2, 0.25) is 0 Å². The zero-order chi connectivity index (χ0) is 10.7. The summed E-state index contributed by atoms with van der Waals surface area (Å²) in [5.74, 6) is -0.189. The number of carbonyl (C=O) groups excluding carboxylic acids is 1. The summed E-state index contributed by atoms with van der Waals surface area (Å²) in [5, 5.41) is 6.13. The summed E-state index contributed by atoms with van der Waals surface area (Å²) in [6, 6.07) is 7.07. The number of amides is 1. The molecule has 0 spiro atoms. The smallest absolute Gasteiger partial charge is 0.255 e. The van der Waals surface area contributed by atoms with E-state index in [9.17, 15) is 4.79 Å². The zero-order valence-electron chi connectivity index (χ0n) is 7.61. The van der Waals surface area contributed by atoms with Crippen LogP contribution in [0.4, 0.5) is 5.69 Å². The van der Waals surface area contributed by atoms with Crippen LogP contribution in [0.5, 0.6) is 0 Å². The van der Waals surface area contributed by atoms with Crippen molar-refractivity contribution in [3.05, 3.63) is 46.8 Å². The molecule has 1 N–H and O–H groups in total. The maximum absolute atomic E-state index is 11.6. The van der Waals surface area contributed by atoms with Gasteiger partial charge < -0.3 is 9.84 Å². The molecule has 1 heterocycles. The third kappa shape index (κ3) is 2.44. The maximum atomic E-state index is 11.6. The van der Waals surface area contributed by atoms with E-state index >= 15 is 0 Å². The third-order valence-electron chi connectivity index (χ3n) is 1.80. The first-order chi connectivity index (χ1) is 7.25. The Hall–Kier alpha value is -1.62. The normalized spacial score (nSPS) is 9.93. The molecular weight excluding hydrogens is 260 g/mol. The number of hydrogen-bond donors (Lipinski definition) is 1. The number of nitrogens with zero attached hydrogens (tertiary/aromatic N) is 1. The van der Waals surface area contributed by atoms with Crippen molar-refractivity contribution in [1.82, 2.24) is 5.16 Å². The zero-order valence-corrected chi connectivity index (χ0v) is 9.19. The predicted octanol–water partition coefficient (Wildman–Crippen LogP) is 2.69. The van der Waals surface area contributed by atoms with Gasteiger partial charge in [-0.15, -0.1) is 0 Å². The Morgan fingerprint density at radius 1 is 1.33 bits per heavy atom. The number of halogens is 1. The predicted molar refractivity (Wildman–Crippen MR) is 58.6 cm³/mol. The molecule has 0 aliphatic rings. The Morgan fingerprint density at radius 3 is 2.67 bits per heavy atom. The minimum absolute atomic E-state index is 0.189. The van der Waals surface area contributed by atoms with E-state index in [1.165, 1.54) is 12.5 Å². The molecule has 0 saturated heterocycles. The number of carbonyl (C=O) groups is 1. The number of hydrogen-bond acceptors (Lipinski definition) is 3. The minimum Gasteiger partial charge on any atom is -0.363 e. The van der Waals surface area contributed by atoms with Crippen LogP contribution in [0.25, 0.3) is 0 Å². The number of nitrogens with one attached hydrogen (secondary N) is 1. The van der Waals surface area contributed by atoms with Gasteiger partial charge in [0.15, 0.2) is 0 Å². The van der Waals surface area contributed by atoms with Crippen LogP contribution in [0.1, 0.15) is 10.4 Å². The van der Waals surface area contributed by atoms with Gasteiger partial charge in [0, 0.05) is 10.0 Å². The highest BCUT2D eigenvalue weighted by Crippen LogP contribution is 2.12. The lowest BCUT2D eigenvalue weighted by Crippen LogP contribution is -2.10. The molecule has 1 aromatic carbocycles. The number of anilines is 1.